The molecule has 5 unspecified atom stereocenters. The lowest BCUT2D eigenvalue weighted by Crippen LogP contribution is -2.45. The smallest absolute Gasteiger partial charge is 0.208 e. The molecule has 0 spiro atoms. The van der Waals surface area contributed by atoms with Gasteiger partial charge in [-0.1, -0.05) is 25.7 Å². The SMILES string of the molecule is O=P1(CCO)OC2CCCCC2C2CCCCC21. The van der Waals surface area contributed by atoms with E-state index in [0.717, 1.165) is 12.8 Å². The van der Waals surface area contributed by atoms with Crippen molar-refractivity contribution in [2.24, 2.45) is 11.8 Å². The molecule has 0 amide bonds. The van der Waals surface area contributed by atoms with Crippen LogP contribution in [0, 0.1) is 11.8 Å². The summed E-state index contributed by atoms with van der Waals surface area (Å²) in [5, 5.41) is 9.22. The van der Waals surface area contributed by atoms with Gasteiger partial charge < -0.3 is 9.63 Å². The Hall–Kier alpha value is 0.150. The molecule has 0 aromatic rings. The zero-order valence-electron chi connectivity index (χ0n) is 11.1. The Kier molecular flexibility index (Phi) is 3.85. The van der Waals surface area contributed by atoms with Gasteiger partial charge in [-0.05, 0) is 37.5 Å². The molecule has 3 rings (SSSR count). The van der Waals surface area contributed by atoms with E-state index in [1.165, 1.54) is 38.5 Å². The van der Waals surface area contributed by atoms with Crippen LogP contribution in [0.1, 0.15) is 51.4 Å². The fourth-order valence-electron chi connectivity index (χ4n) is 4.54. The summed E-state index contributed by atoms with van der Waals surface area (Å²) in [6.07, 6.45) is 10.3. The molecule has 18 heavy (non-hydrogen) atoms. The van der Waals surface area contributed by atoms with Gasteiger partial charge in [0.25, 0.3) is 0 Å². The second-order valence-corrected chi connectivity index (χ2v) is 9.05. The highest BCUT2D eigenvalue weighted by Gasteiger charge is 2.52. The van der Waals surface area contributed by atoms with Crippen molar-refractivity contribution < 1.29 is 14.2 Å². The highest BCUT2D eigenvalue weighted by molar-refractivity contribution is 7.59. The number of fused-ring (bicyclic) bond motifs is 3. The Labute approximate surface area is 110 Å². The minimum Gasteiger partial charge on any atom is -0.396 e. The van der Waals surface area contributed by atoms with Crippen LogP contribution in [0.2, 0.25) is 0 Å². The maximum absolute atomic E-state index is 13.1. The van der Waals surface area contributed by atoms with Crippen molar-refractivity contribution in [1.29, 1.82) is 0 Å². The van der Waals surface area contributed by atoms with Crippen molar-refractivity contribution in [2.75, 3.05) is 12.8 Å². The van der Waals surface area contributed by atoms with Crippen LogP contribution in [0.4, 0.5) is 0 Å². The van der Waals surface area contributed by atoms with E-state index in [9.17, 15) is 9.67 Å². The van der Waals surface area contributed by atoms with Crippen molar-refractivity contribution >= 4 is 7.37 Å². The van der Waals surface area contributed by atoms with Crippen LogP contribution in [-0.4, -0.2) is 29.6 Å². The van der Waals surface area contributed by atoms with Gasteiger partial charge in [0.15, 0.2) is 0 Å². The van der Waals surface area contributed by atoms with E-state index >= 15 is 0 Å². The van der Waals surface area contributed by atoms with Crippen molar-refractivity contribution in [3.63, 3.8) is 0 Å². The summed E-state index contributed by atoms with van der Waals surface area (Å²) in [5.74, 6) is 1.28. The standard InChI is InChI=1S/C14H25O3P/c15-9-10-18(16)14-8-4-2-6-12(14)11-5-1-3-7-13(11)17-18/h11-15H,1-10H2. The first kappa shape index (κ1) is 13.1. The fourth-order valence-corrected chi connectivity index (χ4v) is 7.66. The predicted molar refractivity (Wildman–Crippen MR) is 72.1 cm³/mol. The minimum absolute atomic E-state index is 0.0118. The van der Waals surface area contributed by atoms with E-state index in [1.54, 1.807) is 0 Å². The van der Waals surface area contributed by atoms with E-state index in [0.29, 0.717) is 18.0 Å². The van der Waals surface area contributed by atoms with E-state index in [4.69, 9.17) is 4.52 Å². The van der Waals surface area contributed by atoms with Gasteiger partial charge in [-0.25, -0.2) is 0 Å². The second-order valence-electron chi connectivity index (χ2n) is 6.28. The highest BCUT2D eigenvalue weighted by atomic mass is 31.2. The molecular formula is C14H25O3P. The van der Waals surface area contributed by atoms with E-state index < -0.39 is 7.37 Å². The van der Waals surface area contributed by atoms with Gasteiger partial charge in [0.05, 0.1) is 12.7 Å². The van der Waals surface area contributed by atoms with Crippen LogP contribution >= 0.6 is 7.37 Å². The summed E-state index contributed by atoms with van der Waals surface area (Å²) in [6.45, 7) is 0.0118. The molecule has 3 nitrogen and oxygen atoms in total. The predicted octanol–water partition coefficient (Wildman–Crippen LogP) is 3.40. The van der Waals surface area contributed by atoms with E-state index in [2.05, 4.69) is 0 Å². The minimum atomic E-state index is -2.58. The van der Waals surface area contributed by atoms with Crippen molar-refractivity contribution in [1.82, 2.24) is 0 Å². The molecule has 3 fully saturated rings. The third-order valence-electron chi connectivity index (χ3n) is 5.32. The Morgan fingerprint density at radius 2 is 1.67 bits per heavy atom. The molecule has 1 saturated heterocycles. The van der Waals surface area contributed by atoms with Gasteiger partial charge in [-0.3, -0.25) is 4.57 Å². The lowest BCUT2D eigenvalue weighted by molar-refractivity contribution is 0.0167. The summed E-state index contributed by atoms with van der Waals surface area (Å²) in [7, 11) is -2.58. The molecule has 4 heteroatoms. The van der Waals surface area contributed by atoms with Gasteiger partial charge >= 0.3 is 0 Å². The van der Waals surface area contributed by atoms with Crippen molar-refractivity contribution in [3.8, 4) is 0 Å². The number of aliphatic hydroxyl groups excluding tert-OH is 1. The first-order valence-electron chi connectivity index (χ1n) is 7.62. The largest absolute Gasteiger partial charge is 0.396 e. The van der Waals surface area contributed by atoms with Crippen LogP contribution in [0.15, 0.2) is 0 Å². The first-order chi connectivity index (χ1) is 8.74. The molecule has 5 atom stereocenters. The zero-order valence-corrected chi connectivity index (χ0v) is 12.0. The molecule has 0 aromatic carbocycles. The lowest BCUT2D eigenvalue weighted by Gasteiger charge is -2.50. The van der Waals surface area contributed by atoms with Gasteiger partial charge in [-0.2, -0.15) is 0 Å². The molecule has 1 N–H and O–H groups in total. The topological polar surface area (TPSA) is 46.5 Å². The van der Waals surface area contributed by atoms with Crippen molar-refractivity contribution in [3.05, 3.63) is 0 Å². The Balaban J connectivity index is 1.87. The Morgan fingerprint density at radius 1 is 1.00 bits per heavy atom. The molecule has 0 aromatic heterocycles. The van der Waals surface area contributed by atoms with E-state index in [1.807, 2.05) is 0 Å². The van der Waals surface area contributed by atoms with Crippen molar-refractivity contribution in [2.45, 2.75) is 63.1 Å². The number of aliphatic hydroxyl groups is 1. The van der Waals surface area contributed by atoms with Crippen LogP contribution in [0.3, 0.4) is 0 Å². The molecule has 1 heterocycles. The fraction of sp³-hybridized carbons (Fsp3) is 1.00. The third-order valence-corrected chi connectivity index (χ3v) is 8.42. The molecule has 3 aliphatic rings. The summed E-state index contributed by atoms with van der Waals surface area (Å²) in [4.78, 5) is 0. The third kappa shape index (κ3) is 2.19. The molecular weight excluding hydrogens is 247 g/mol. The quantitative estimate of drug-likeness (QED) is 0.784. The van der Waals surface area contributed by atoms with Crippen LogP contribution in [0.25, 0.3) is 0 Å². The van der Waals surface area contributed by atoms with Gasteiger partial charge in [0.2, 0.25) is 7.37 Å². The first-order valence-corrected chi connectivity index (χ1v) is 9.50. The maximum atomic E-state index is 13.1. The number of hydrogen-bond acceptors (Lipinski definition) is 3. The van der Waals surface area contributed by atoms with Gasteiger partial charge in [-0.15, -0.1) is 0 Å². The second kappa shape index (κ2) is 5.26. The Morgan fingerprint density at radius 3 is 2.44 bits per heavy atom. The molecule has 1 aliphatic heterocycles. The molecule has 0 radical (unpaired) electrons. The van der Waals surface area contributed by atoms with Gasteiger partial charge in [0.1, 0.15) is 0 Å². The highest BCUT2D eigenvalue weighted by Crippen LogP contribution is 2.65. The molecule has 2 aliphatic carbocycles. The van der Waals surface area contributed by atoms with Crippen LogP contribution in [-0.2, 0) is 9.09 Å². The maximum Gasteiger partial charge on any atom is 0.208 e. The van der Waals surface area contributed by atoms with E-state index in [-0.39, 0.29) is 18.4 Å². The summed E-state index contributed by atoms with van der Waals surface area (Å²) in [6, 6.07) is 0. The van der Waals surface area contributed by atoms with Crippen LogP contribution < -0.4 is 0 Å². The Bertz CT molecular complexity index is 344. The molecule has 2 saturated carbocycles. The van der Waals surface area contributed by atoms with Crippen LogP contribution in [0.5, 0.6) is 0 Å². The zero-order chi connectivity index (χ0) is 12.6. The molecule has 104 valence electrons. The summed E-state index contributed by atoms with van der Waals surface area (Å²) < 4.78 is 19.2. The lowest BCUT2D eigenvalue weighted by atomic mass is 9.71. The number of hydrogen-bond donors (Lipinski definition) is 1. The normalized spacial score (nSPS) is 48.3. The monoisotopic (exact) mass is 272 g/mol. The summed E-state index contributed by atoms with van der Waals surface area (Å²) in [5.41, 5.74) is 0.262. The summed E-state index contributed by atoms with van der Waals surface area (Å²) >= 11 is 0. The average Bonchev–Trinajstić information content (AvgIpc) is 2.39. The van der Waals surface area contributed by atoms with Gasteiger partial charge in [0, 0.05) is 11.8 Å². The average molecular weight is 272 g/mol. The number of rotatable bonds is 2. The molecule has 0 bridgehead atoms.